The van der Waals surface area contributed by atoms with E-state index in [-0.39, 0.29) is 23.0 Å². The number of aromatic nitrogens is 1. The minimum atomic E-state index is -0.934. The van der Waals surface area contributed by atoms with Crippen LogP contribution >= 0.6 is 0 Å². The maximum atomic E-state index is 13.3. The van der Waals surface area contributed by atoms with E-state index in [1.165, 1.54) is 11.0 Å². The standard InChI is InChI=1S/C28H26N2O6/c1-4-35-22-10-8-19(9-11-22)25(31)23-24(18-12-14-29-15-13-18)30(27(33)26(23)32)21-7-5-6-20(16-21)28(34)36-17(2)3/h5-17,24,31H,4H2,1-3H3/b25-23+. The molecule has 1 saturated heterocycles. The minimum absolute atomic E-state index is 0.0643. The highest BCUT2D eigenvalue weighted by Gasteiger charge is 2.47. The topological polar surface area (TPSA) is 106 Å². The van der Waals surface area contributed by atoms with E-state index in [2.05, 4.69) is 4.98 Å². The number of anilines is 1. The van der Waals surface area contributed by atoms with E-state index < -0.39 is 23.7 Å². The number of hydrogen-bond donors (Lipinski definition) is 1. The second-order valence-electron chi connectivity index (χ2n) is 8.41. The predicted molar refractivity (Wildman–Crippen MR) is 134 cm³/mol. The molecular formula is C28H26N2O6. The molecule has 184 valence electrons. The number of nitrogens with zero attached hydrogens (tertiary/aromatic N) is 2. The Bertz CT molecular complexity index is 1320. The van der Waals surface area contributed by atoms with Gasteiger partial charge in [-0.3, -0.25) is 19.5 Å². The zero-order valence-electron chi connectivity index (χ0n) is 20.2. The summed E-state index contributed by atoms with van der Waals surface area (Å²) < 4.78 is 10.7. The van der Waals surface area contributed by atoms with Crippen molar-refractivity contribution in [3.8, 4) is 5.75 Å². The van der Waals surface area contributed by atoms with Gasteiger partial charge in [-0.05, 0) is 80.9 Å². The molecule has 2 heterocycles. The summed E-state index contributed by atoms with van der Waals surface area (Å²) in [5, 5.41) is 11.2. The Labute approximate surface area is 208 Å². The van der Waals surface area contributed by atoms with Gasteiger partial charge in [-0.2, -0.15) is 0 Å². The predicted octanol–water partition coefficient (Wildman–Crippen LogP) is 4.67. The van der Waals surface area contributed by atoms with Gasteiger partial charge in [-0.25, -0.2) is 4.79 Å². The zero-order chi connectivity index (χ0) is 25.8. The van der Waals surface area contributed by atoms with Crippen molar-refractivity contribution in [3.63, 3.8) is 0 Å². The number of rotatable bonds is 7. The highest BCUT2D eigenvalue weighted by atomic mass is 16.5. The van der Waals surface area contributed by atoms with Gasteiger partial charge >= 0.3 is 5.97 Å². The van der Waals surface area contributed by atoms with Crippen LogP contribution < -0.4 is 9.64 Å². The van der Waals surface area contributed by atoms with Gasteiger partial charge in [0, 0.05) is 23.6 Å². The highest BCUT2D eigenvalue weighted by Crippen LogP contribution is 2.42. The maximum absolute atomic E-state index is 13.3. The molecule has 0 bridgehead atoms. The first-order chi connectivity index (χ1) is 17.3. The molecule has 1 N–H and O–H groups in total. The fourth-order valence-electron chi connectivity index (χ4n) is 4.06. The zero-order valence-corrected chi connectivity index (χ0v) is 20.2. The lowest BCUT2D eigenvalue weighted by Gasteiger charge is -2.25. The van der Waals surface area contributed by atoms with Crippen LogP contribution in [0.1, 0.15) is 48.3 Å². The normalized spacial score (nSPS) is 16.9. The SMILES string of the molecule is CCOc1ccc(/C(O)=C2\C(=O)C(=O)N(c3cccc(C(=O)OC(C)C)c3)C2c2ccncc2)cc1. The van der Waals surface area contributed by atoms with E-state index in [0.29, 0.717) is 29.2 Å². The van der Waals surface area contributed by atoms with Crippen molar-refractivity contribution in [1.82, 2.24) is 4.98 Å². The van der Waals surface area contributed by atoms with E-state index in [9.17, 15) is 19.5 Å². The quantitative estimate of drug-likeness (QED) is 0.224. The lowest BCUT2D eigenvalue weighted by atomic mass is 9.95. The molecular weight excluding hydrogens is 460 g/mol. The highest BCUT2D eigenvalue weighted by molar-refractivity contribution is 6.51. The Morgan fingerprint density at radius 2 is 1.72 bits per heavy atom. The summed E-state index contributed by atoms with van der Waals surface area (Å²) in [5.41, 5.74) is 1.44. The van der Waals surface area contributed by atoms with Crippen LogP contribution in [-0.4, -0.2) is 40.5 Å². The number of Topliss-reactive ketones (excluding diaryl/α,β-unsaturated/α-hetero) is 1. The lowest BCUT2D eigenvalue weighted by molar-refractivity contribution is -0.132. The van der Waals surface area contributed by atoms with Crippen LogP contribution in [0.3, 0.4) is 0 Å². The van der Waals surface area contributed by atoms with E-state index in [1.807, 2.05) is 6.92 Å². The number of hydrogen-bond acceptors (Lipinski definition) is 7. The van der Waals surface area contributed by atoms with Gasteiger partial charge in [-0.1, -0.05) is 6.07 Å². The molecule has 1 aliphatic rings. The van der Waals surface area contributed by atoms with Crippen molar-refractivity contribution >= 4 is 29.1 Å². The molecule has 8 nitrogen and oxygen atoms in total. The summed E-state index contributed by atoms with van der Waals surface area (Å²) in [5.74, 6) is -1.89. The average molecular weight is 487 g/mol. The number of ketones is 1. The Morgan fingerprint density at radius 3 is 2.36 bits per heavy atom. The molecule has 3 aromatic rings. The van der Waals surface area contributed by atoms with E-state index in [1.54, 1.807) is 80.8 Å². The molecule has 1 aliphatic heterocycles. The number of aliphatic hydroxyl groups excluding tert-OH is 1. The molecule has 2 aromatic carbocycles. The molecule has 0 spiro atoms. The molecule has 36 heavy (non-hydrogen) atoms. The number of benzene rings is 2. The molecule has 1 amide bonds. The number of esters is 1. The van der Waals surface area contributed by atoms with E-state index in [4.69, 9.17) is 9.47 Å². The fraction of sp³-hybridized carbons (Fsp3) is 0.214. The van der Waals surface area contributed by atoms with Crippen molar-refractivity contribution < 1.29 is 29.0 Å². The van der Waals surface area contributed by atoms with Crippen LogP contribution in [-0.2, 0) is 14.3 Å². The van der Waals surface area contributed by atoms with Crippen molar-refractivity contribution in [2.75, 3.05) is 11.5 Å². The van der Waals surface area contributed by atoms with E-state index >= 15 is 0 Å². The van der Waals surface area contributed by atoms with Gasteiger partial charge in [0.1, 0.15) is 11.5 Å². The monoisotopic (exact) mass is 486 g/mol. The second kappa shape index (κ2) is 10.4. The summed E-state index contributed by atoms with van der Waals surface area (Å²) in [6.07, 6.45) is 2.77. The van der Waals surface area contributed by atoms with Crippen LogP contribution in [0.2, 0.25) is 0 Å². The van der Waals surface area contributed by atoms with Crippen LogP contribution in [0.4, 0.5) is 5.69 Å². The van der Waals surface area contributed by atoms with Crippen molar-refractivity contribution in [1.29, 1.82) is 0 Å². The van der Waals surface area contributed by atoms with Crippen LogP contribution in [0.25, 0.3) is 5.76 Å². The van der Waals surface area contributed by atoms with Gasteiger partial charge < -0.3 is 14.6 Å². The maximum Gasteiger partial charge on any atom is 0.338 e. The van der Waals surface area contributed by atoms with Crippen LogP contribution in [0.5, 0.6) is 5.75 Å². The number of aliphatic hydroxyl groups is 1. The molecule has 1 atom stereocenters. The Hall–Kier alpha value is -4.46. The largest absolute Gasteiger partial charge is 0.507 e. The Kier molecular flexibility index (Phi) is 7.15. The summed E-state index contributed by atoms with van der Waals surface area (Å²) in [4.78, 5) is 44.4. The Balaban J connectivity index is 1.84. The summed E-state index contributed by atoms with van der Waals surface area (Å²) in [6, 6.07) is 15.3. The van der Waals surface area contributed by atoms with Crippen LogP contribution in [0.15, 0.2) is 78.6 Å². The summed E-state index contributed by atoms with van der Waals surface area (Å²) >= 11 is 0. The number of carbonyl (C=O) groups excluding carboxylic acids is 3. The molecule has 0 radical (unpaired) electrons. The minimum Gasteiger partial charge on any atom is -0.507 e. The van der Waals surface area contributed by atoms with Crippen molar-refractivity contribution in [2.45, 2.75) is 32.9 Å². The molecule has 8 heteroatoms. The van der Waals surface area contributed by atoms with Gasteiger partial charge in [0.05, 0.1) is 29.9 Å². The Morgan fingerprint density at radius 1 is 1.03 bits per heavy atom. The number of pyridine rings is 1. The number of carbonyl (C=O) groups is 3. The third-order valence-electron chi connectivity index (χ3n) is 5.61. The van der Waals surface area contributed by atoms with Gasteiger partial charge in [0.2, 0.25) is 0 Å². The van der Waals surface area contributed by atoms with Gasteiger partial charge in [-0.15, -0.1) is 0 Å². The first-order valence-corrected chi connectivity index (χ1v) is 11.6. The third kappa shape index (κ3) is 4.84. The average Bonchev–Trinajstić information content (AvgIpc) is 3.15. The number of ether oxygens (including phenoxy) is 2. The molecule has 0 saturated carbocycles. The van der Waals surface area contributed by atoms with Crippen LogP contribution in [0, 0.1) is 0 Å². The summed E-state index contributed by atoms with van der Waals surface area (Å²) in [6.45, 7) is 5.83. The molecule has 0 aliphatic carbocycles. The molecule has 1 fully saturated rings. The lowest BCUT2D eigenvalue weighted by Crippen LogP contribution is -2.29. The fourth-order valence-corrected chi connectivity index (χ4v) is 4.06. The molecule has 4 rings (SSSR count). The first-order valence-electron chi connectivity index (χ1n) is 11.6. The second-order valence-corrected chi connectivity index (χ2v) is 8.41. The van der Waals surface area contributed by atoms with Crippen molar-refractivity contribution in [2.24, 2.45) is 0 Å². The smallest absolute Gasteiger partial charge is 0.338 e. The molecule has 1 aromatic heterocycles. The third-order valence-corrected chi connectivity index (χ3v) is 5.61. The van der Waals surface area contributed by atoms with Crippen molar-refractivity contribution in [3.05, 3.63) is 95.3 Å². The first kappa shape index (κ1) is 24.7. The number of amides is 1. The summed E-state index contributed by atoms with van der Waals surface area (Å²) in [7, 11) is 0. The van der Waals surface area contributed by atoms with E-state index in [0.717, 1.165) is 0 Å². The van der Waals surface area contributed by atoms with Gasteiger partial charge in [0.15, 0.2) is 0 Å². The van der Waals surface area contributed by atoms with Gasteiger partial charge in [0.25, 0.3) is 11.7 Å². The molecule has 1 unspecified atom stereocenters.